The van der Waals surface area contributed by atoms with Crippen LogP contribution in [0.2, 0.25) is 5.02 Å². The summed E-state index contributed by atoms with van der Waals surface area (Å²) < 4.78 is 6.27. The van der Waals surface area contributed by atoms with Crippen molar-refractivity contribution < 1.29 is 9.53 Å². The second-order valence-corrected chi connectivity index (χ2v) is 6.51. The van der Waals surface area contributed by atoms with Crippen LogP contribution in [-0.4, -0.2) is 12.5 Å². The number of nitrogens with one attached hydrogen (secondary N) is 1. The van der Waals surface area contributed by atoms with Gasteiger partial charge in [-0.2, -0.15) is 0 Å². The van der Waals surface area contributed by atoms with E-state index in [-0.39, 0.29) is 18.6 Å². The molecule has 0 radical (unpaired) electrons. The van der Waals surface area contributed by atoms with E-state index in [1.807, 2.05) is 12.1 Å². The summed E-state index contributed by atoms with van der Waals surface area (Å²) in [6.45, 7) is -0.0150. The fraction of sp³-hybridized carbons (Fsp3) is 0.235. The molecule has 0 fully saturated rings. The van der Waals surface area contributed by atoms with E-state index in [0.29, 0.717) is 10.8 Å². The lowest BCUT2D eigenvalue weighted by atomic mass is 10.1. The number of carbonyl (C=O) groups excluding carboxylic acids is 1. The Balaban J connectivity index is 1.57. The van der Waals surface area contributed by atoms with Crippen LogP contribution in [0.3, 0.4) is 0 Å². The standard InChI is InChI=1S/C17H15BrClNO2/c18-14-9-12(19)6-8-16(14)22-10-17(21)20-15-7-5-11-3-1-2-4-13(11)15/h1-4,6,8-9,15H,5,7,10H2,(H,20,21). The Bertz CT molecular complexity index is 705. The van der Waals surface area contributed by atoms with Crippen molar-refractivity contribution in [2.75, 3.05) is 6.61 Å². The van der Waals surface area contributed by atoms with Crippen molar-refractivity contribution in [2.24, 2.45) is 0 Å². The van der Waals surface area contributed by atoms with Crippen LogP contribution in [0.5, 0.6) is 5.75 Å². The number of hydrogen-bond donors (Lipinski definition) is 1. The second-order valence-electron chi connectivity index (χ2n) is 5.22. The van der Waals surface area contributed by atoms with E-state index in [9.17, 15) is 4.79 Å². The zero-order valence-electron chi connectivity index (χ0n) is 11.8. The van der Waals surface area contributed by atoms with Gasteiger partial charge in [0.1, 0.15) is 5.75 Å². The Kier molecular flexibility index (Phi) is 4.69. The molecule has 2 aromatic rings. The molecule has 114 valence electrons. The van der Waals surface area contributed by atoms with Gasteiger partial charge in [0.2, 0.25) is 0 Å². The summed E-state index contributed by atoms with van der Waals surface area (Å²) in [5.41, 5.74) is 2.53. The van der Waals surface area contributed by atoms with Crippen LogP contribution in [0, 0.1) is 0 Å². The lowest BCUT2D eigenvalue weighted by Gasteiger charge is -2.15. The van der Waals surface area contributed by atoms with Gasteiger partial charge in [0, 0.05) is 5.02 Å². The molecule has 1 aliphatic rings. The normalized spacial score (nSPS) is 16.2. The van der Waals surface area contributed by atoms with Crippen molar-refractivity contribution in [1.29, 1.82) is 0 Å². The maximum atomic E-state index is 12.1. The Morgan fingerprint density at radius 2 is 2.14 bits per heavy atom. The van der Waals surface area contributed by atoms with Crippen LogP contribution in [0.1, 0.15) is 23.6 Å². The highest BCUT2D eigenvalue weighted by Crippen LogP contribution is 2.31. The number of fused-ring (bicyclic) bond motifs is 1. The van der Waals surface area contributed by atoms with Crippen molar-refractivity contribution in [3.05, 3.63) is 63.1 Å². The van der Waals surface area contributed by atoms with Crippen LogP contribution >= 0.6 is 27.5 Å². The number of amides is 1. The van der Waals surface area contributed by atoms with E-state index < -0.39 is 0 Å². The topological polar surface area (TPSA) is 38.3 Å². The third-order valence-electron chi connectivity index (χ3n) is 3.72. The molecule has 5 heteroatoms. The van der Waals surface area contributed by atoms with Gasteiger partial charge in [-0.15, -0.1) is 0 Å². The van der Waals surface area contributed by atoms with Crippen LogP contribution < -0.4 is 10.1 Å². The summed E-state index contributed by atoms with van der Waals surface area (Å²) in [7, 11) is 0. The van der Waals surface area contributed by atoms with E-state index in [0.717, 1.165) is 17.3 Å². The minimum absolute atomic E-state index is 0.0150. The molecule has 0 heterocycles. The largest absolute Gasteiger partial charge is 0.483 e. The van der Waals surface area contributed by atoms with Crippen molar-refractivity contribution in [3.63, 3.8) is 0 Å². The second kappa shape index (κ2) is 6.71. The van der Waals surface area contributed by atoms with Crippen LogP contribution in [0.4, 0.5) is 0 Å². The lowest BCUT2D eigenvalue weighted by molar-refractivity contribution is -0.123. The molecular weight excluding hydrogens is 366 g/mol. The maximum absolute atomic E-state index is 12.1. The van der Waals surface area contributed by atoms with Gasteiger partial charge in [0.15, 0.2) is 6.61 Å². The number of rotatable bonds is 4. The summed E-state index contributed by atoms with van der Waals surface area (Å²) in [6, 6.07) is 13.5. The monoisotopic (exact) mass is 379 g/mol. The van der Waals surface area contributed by atoms with Gasteiger partial charge in [-0.25, -0.2) is 0 Å². The molecule has 0 spiro atoms. The van der Waals surface area contributed by atoms with Gasteiger partial charge in [-0.1, -0.05) is 35.9 Å². The molecule has 1 aliphatic carbocycles. The third kappa shape index (κ3) is 3.45. The molecule has 22 heavy (non-hydrogen) atoms. The van der Waals surface area contributed by atoms with E-state index in [4.69, 9.17) is 16.3 Å². The minimum Gasteiger partial charge on any atom is -0.483 e. The molecule has 0 bridgehead atoms. The highest BCUT2D eigenvalue weighted by molar-refractivity contribution is 9.10. The quantitative estimate of drug-likeness (QED) is 0.859. The smallest absolute Gasteiger partial charge is 0.258 e. The highest BCUT2D eigenvalue weighted by Gasteiger charge is 2.23. The zero-order valence-corrected chi connectivity index (χ0v) is 14.2. The molecular formula is C17H15BrClNO2. The molecule has 0 saturated carbocycles. The first kappa shape index (κ1) is 15.4. The first-order chi connectivity index (χ1) is 10.6. The lowest BCUT2D eigenvalue weighted by Crippen LogP contribution is -2.31. The summed E-state index contributed by atoms with van der Waals surface area (Å²) in [6.07, 6.45) is 1.94. The zero-order chi connectivity index (χ0) is 15.5. The molecule has 0 saturated heterocycles. The van der Waals surface area contributed by atoms with E-state index in [1.165, 1.54) is 11.1 Å². The summed E-state index contributed by atoms with van der Waals surface area (Å²) in [5, 5.41) is 3.65. The Morgan fingerprint density at radius 3 is 2.95 bits per heavy atom. The molecule has 3 nitrogen and oxygen atoms in total. The number of halogens is 2. The maximum Gasteiger partial charge on any atom is 0.258 e. The first-order valence-corrected chi connectivity index (χ1v) is 8.25. The summed E-state index contributed by atoms with van der Waals surface area (Å²) >= 11 is 9.24. The Hall–Kier alpha value is -1.52. The van der Waals surface area contributed by atoms with Crippen LogP contribution in [-0.2, 0) is 11.2 Å². The number of aryl methyl sites for hydroxylation is 1. The van der Waals surface area contributed by atoms with E-state index in [1.54, 1.807) is 18.2 Å². The third-order valence-corrected chi connectivity index (χ3v) is 4.58. The fourth-order valence-electron chi connectivity index (χ4n) is 2.68. The fourth-order valence-corrected chi connectivity index (χ4v) is 3.48. The molecule has 1 amide bonds. The van der Waals surface area contributed by atoms with Crippen molar-refractivity contribution in [2.45, 2.75) is 18.9 Å². The van der Waals surface area contributed by atoms with Gasteiger partial charge in [0.05, 0.1) is 10.5 Å². The van der Waals surface area contributed by atoms with Gasteiger partial charge in [-0.3, -0.25) is 4.79 Å². The molecule has 1 N–H and O–H groups in total. The average Bonchev–Trinajstić information content (AvgIpc) is 2.90. The Morgan fingerprint density at radius 1 is 1.32 bits per heavy atom. The molecule has 2 aromatic carbocycles. The van der Waals surface area contributed by atoms with Gasteiger partial charge in [-0.05, 0) is 58.1 Å². The molecule has 1 atom stereocenters. The number of benzene rings is 2. The van der Waals surface area contributed by atoms with Crippen molar-refractivity contribution in [1.82, 2.24) is 5.32 Å². The molecule has 3 rings (SSSR count). The van der Waals surface area contributed by atoms with Gasteiger partial charge < -0.3 is 10.1 Å². The van der Waals surface area contributed by atoms with Crippen LogP contribution in [0.15, 0.2) is 46.9 Å². The number of ether oxygens (including phenoxy) is 1. The number of hydrogen-bond acceptors (Lipinski definition) is 2. The first-order valence-electron chi connectivity index (χ1n) is 7.08. The van der Waals surface area contributed by atoms with E-state index >= 15 is 0 Å². The summed E-state index contributed by atoms with van der Waals surface area (Å²) in [5.74, 6) is 0.481. The minimum atomic E-state index is -0.122. The van der Waals surface area contributed by atoms with Crippen LogP contribution in [0.25, 0.3) is 0 Å². The van der Waals surface area contributed by atoms with Crippen molar-refractivity contribution >= 4 is 33.4 Å². The SMILES string of the molecule is O=C(COc1ccc(Cl)cc1Br)NC1CCc2ccccc21. The highest BCUT2D eigenvalue weighted by atomic mass is 79.9. The van der Waals surface area contributed by atoms with Gasteiger partial charge in [0.25, 0.3) is 5.91 Å². The van der Waals surface area contributed by atoms with Crippen molar-refractivity contribution in [3.8, 4) is 5.75 Å². The van der Waals surface area contributed by atoms with Gasteiger partial charge >= 0.3 is 0 Å². The predicted octanol–water partition coefficient (Wildman–Crippen LogP) is 4.29. The van der Waals surface area contributed by atoms with E-state index in [2.05, 4.69) is 33.4 Å². The predicted molar refractivity (Wildman–Crippen MR) is 90.3 cm³/mol. The average molecular weight is 381 g/mol. The molecule has 0 aromatic heterocycles. The Labute approximate surface area is 142 Å². The summed E-state index contributed by atoms with van der Waals surface area (Å²) in [4.78, 5) is 12.1. The number of carbonyl (C=O) groups is 1. The molecule has 0 aliphatic heterocycles. The molecule has 1 unspecified atom stereocenters.